The van der Waals surface area contributed by atoms with Crippen molar-refractivity contribution in [1.82, 2.24) is 10.2 Å². The third kappa shape index (κ3) is 4.92. The highest BCUT2D eigenvalue weighted by atomic mass is 16.5. The lowest BCUT2D eigenvalue weighted by atomic mass is 10.2. The normalized spacial score (nSPS) is 10.2. The predicted octanol–water partition coefficient (Wildman–Crippen LogP) is 3.89. The van der Waals surface area contributed by atoms with E-state index in [-0.39, 0.29) is 11.6 Å². The van der Waals surface area contributed by atoms with E-state index in [0.717, 1.165) is 0 Å². The highest BCUT2D eigenvalue weighted by Gasteiger charge is 2.12. The number of ether oxygens (including phenoxy) is 3. The summed E-state index contributed by atoms with van der Waals surface area (Å²) in [6.07, 6.45) is 0. The van der Waals surface area contributed by atoms with Crippen LogP contribution in [0.15, 0.2) is 54.6 Å². The molecule has 0 bridgehead atoms. The van der Waals surface area contributed by atoms with E-state index < -0.39 is 0 Å². The van der Waals surface area contributed by atoms with Crippen LogP contribution in [0.4, 0.5) is 17.2 Å². The molecule has 8 nitrogen and oxygen atoms in total. The zero-order valence-electron chi connectivity index (χ0n) is 16.4. The number of benzene rings is 2. The Bertz CT molecular complexity index is 977. The van der Waals surface area contributed by atoms with Crippen molar-refractivity contribution in [2.75, 3.05) is 31.5 Å². The second kappa shape index (κ2) is 9.41. The van der Waals surface area contributed by atoms with Crippen LogP contribution in [0.2, 0.25) is 0 Å². The molecule has 1 amide bonds. The van der Waals surface area contributed by atoms with Crippen molar-refractivity contribution in [3.8, 4) is 17.2 Å². The number of nitrogens with zero attached hydrogens (tertiary/aromatic N) is 2. The maximum Gasteiger partial charge on any atom is 0.276 e. The molecule has 2 aromatic carbocycles. The average Bonchev–Trinajstić information content (AvgIpc) is 2.76. The van der Waals surface area contributed by atoms with Crippen LogP contribution in [-0.2, 0) is 0 Å². The fraction of sp³-hybridized carbons (Fsp3) is 0.190. The molecule has 0 aliphatic rings. The summed E-state index contributed by atoms with van der Waals surface area (Å²) < 4.78 is 16.1. The van der Waals surface area contributed by atoms with Crippen LogP contribution in [0.25, 0.3) is 0 Å². The number of nitrogens with one attached hydrogen (secondary N) is 2. The summed E-state index contributed by atoms with van der Waals surface area (Å²) >= 11 is 0. The van der Waals surface area contributed by atoms with Crippen molar-refractivity contribution in [1.29, 1.82) is 0 Å². The molecule has 8 heteroatoms. The van der Waals surface area contributed by atoms with Gasteiger partial charge < -0.3 is 24.8 Å². The van der Waals surface area contributed by atoms with Crippen molar-refractivity contribution >= 4 is 23.1 Å². The lowest BCUT2D eigenvalue weighted by Gasteiger charge is -2.12. The minimum absolute atomic E-state index is 0.184. The minimum Gasteiger partial charge on any atom is -0.497 e. The van der Waals surface area contributed by atoms with E-state index in [1.165, 1.54) is 0 Å². The van der Waals surface area contributed by atoms with Crippen LogP contribution < -0.4 is 24.8 Å². The first-order chi connectivity index (χ1) is 14.1. The summed E-state index contributed by atoms with van der Waals surface area (Å²) in [6.45, 7) is 2.38. The number of hydrogen-bond donors (Lipinski definition) is 2. The SMILES string of the molecule is CCOc1ccccc1NC(=O)c1ccc(Nc2ccc(OC)cc2OC)nn1. The van der Waals surface area contributed by atoms with E-state index in [2.05, 4.69) is 20.8 Å². The van der Waals surface area contributed by atoms with Crippen molar-refractivity contribution in [3.63, 3.8) is 0 Å². The van der Waals surface area contributed by atoms with Crippen LogP contribution >= 0.6 is 0 Å². The van der Waals surface area contributed by atoms with Gasteiger partial charge in [0.25, 0.3) is 5.91 Å². The van der Waals surface area contributed by atoms with E-state index in [1.54, 1.807) is 50.6 Å². The van der Waals surface area contributed by atoms with E-state index in [0.29, 0.717) is 41.0 Å². The largest absolute Gasteiger partial charge is 0.497 e. The fourth-order valence-electron chi connectivity index (χ4n) is 2.60. The summed E-state index contributed by atoms with van der Waals surface area (Å²) in [4.78, 5) is 12.5. The van der Waals surface area contributed by atoms with Crippen LogP contribution in [-0.4, -0.2) is 36.9 Å². The van der Waals surface area contributed by atoms with E-state index in [4.69, 9.17) is 14.2 Å². The van der Waals surface area contributed by atoms with E-state index in [9.17, 15) is 4.79 Å². The maximum atomic E-state index is 12.5. The van der Waals surface area contributed by atoms with Gasteiger partial charge in [-0.15, -0.1) is 10.2 Å². The van der Waals surface area contributed by atoms with Gasteiger partial charge in [0.05, 0.1) is 32.2 Å². The van der Waals surface area contributed by atoms with Crippen molar-refractivity contribution < 1.29 is 19.0 Å². The Balaban J connectivity index is 1.71. The number of amides is 1. The molecule has 0 aliphatic carbocycles. The zero-order valence-corrected chi connectivity index (χ0v) is 16.4. The third-order valence-corrected chi connectivity index (χ3v) is 4.00. The molecule has 150 valence electrons. The first kappa shape index (κ1) is 19.9. The third-order valence-electron chi connectivity index (χ3n) is 4.00. The highest BCUT2D eigenvalue weighted by molar-refractivity contribution is 6.03. The number of carbonyl (C=O) groups excluding carboxylic acids is 1. The Morgan fingerprint density at radius 3 is 2.45 bits per heavy atom. The molecule has 0 radical (unpaired) electrons. The van der Waals surface area contributed by atoms with E-state index >= 15 is 0 Å². The molecule has 1 heterocycles. The molecule has 1 aromatic heterocycles. The quantitative estimate of drug-likeness (QED) is 0.598. The standard InChI is InChI=1S/C21H22N4O4/c1-4-29-18-8-6-5-7-15(18)23-21(26)17-11-12-20(25-24-17)22-16-10-9-14(27-2)13-19(16)28-3/h5-13H,4H2,1-3H3,(H,22,25)(H,23,26). The van der Waals surface area contributed by atoms with Gasteiger partial charge in [-0.2, -0.15) is 0 Å². The number of methoxy groups -OCH3 is 2. The van der Waals surface area contributed by atoms with Gasteiger partial charge in [0.1, 0.15) is 17.2 Å². The zero-order chi connectivity index (χ0) is 20.6. The van der Waals surface area contributed by atoms with Gasteiger partial charge in [-0.05, 0) is 43.3 Å². The number of para-hydroxylation sites is 2. The van der Waals surface area contributed by atoms with E-state index in [1.807, 2.05) is 25.1 Å². The molecule has 0 spiro atoms. The van der Waals surface area contributed by atoms with Gasteiger partial charge in [-0.25, -0.2) is 0 Å². The van der Waals surface area contributed by atoms with Crippen LogP contribution in [0.1, 0.15) is 17.4 Å². The van der Waals surface area contributed by atoms with Crippen molar-refractivity contribution in [2.45, 2.75) is 6.92 Å². The first-order valence-corrected chi connectivity index (χ1v) is 9.00. The maximum absolute atomic E-state index is 12.5. The number of aromatic nitrogens is 2. The van der Waals surface area contributed by atoms with Gasteiger partial charge in [0.15, 0.2) is 11.5 Å². The highest BCUT2D eigenvalue weighted by Crippen LogP contribution is 2.31. The Morgan fingerprint density at radius 1 is 0.931 bits per heavy atom. The summed E-state index contributed by atoms with van der Waals surface area (Å²) in [6, 6.07) is 15.8. The van der Waals surface area contributed by atoms with Gasteiger partial charge >= 0.3 is 0 Å². The van der Waals surface area contributed by atoms with Crippen LogP contribution in [0, 0.1) is 0 Å². The Hall–Kier alpha value is -3.81. The summed E-state index contributed by atoms with van der Waals surface area (Å²) in [5.41, 5.74) is 1.46. The molecule has 0 atom stereocenters. The number of rotatable bonds is 8. The van der Waals surface area contributed by atoms with Crippen LogP contribution in [0.5, 0.6) is 17.2 Å². The topological polar surface area (TPSA) is 94.6 Å². The predicted molar refractivity (Wildman–Crippen MR) is 110 cm³/mol. The Kier molecular flexibility index (Phi) is 6.47. The second-order valence-corrected chi connectivity index (χ2v) is 5.88. The molecule has 0 fully saturated rings. The number of anilines is 3. The molecule has 0 aliphatic heterocycles. The lowest BCUT2D eigenvalue weighted by Crippen LogP contribution is -2.15. The Labute approximate surface area is 168 Å². The van der Waals surface area contributed by atoms with Gasteiger partial charge in [-0.1, -0.05) is 12.1 Å². The van der Waals surface area contributed by atoms with Gasteiger partial charge in [-0.3, -0.25) is 4.79 Å². The second-order valence-electron chi connectivity index (χ2n) is 5.88. The average molecular weight is 394 g/mol. The number of hydrogen-bond acceptors (Lipinski definition) is 7. The summed E-state index contributed by atoms with van der Waals surface area (Å²) in [7, 11) is 3.16. The number of carbonyl (C=O) groups is 1. The van der Waals surface area contributed by atoms with Crippen LogP contribution in [0.3, 0.4) is 0 Å². The monoisotopic (exact) mass is 394 g/mol. The summed E-state index contributed by atoms with van der Waals surface area (Å²) in [5.74, 6) is 1.97. The Morgan fingerprint density at radius 2 is 1.76 bits per heavy atom. The first-order valence-electron chi connectivity index (χ1n) is 9.00. The van der Waals surface area contributed by atoms with Gasteiger partial charge in [0, 0.05) is 6.07 Å². The molecular formula is C21H22N4O4. The smallest absolute Gasteiger partial charge is 0.276 e. The summed E-state index contributed by atoms with van der Waals surface area (Å²) in [5, 5.41) is 14.0. The minimum atomic E-state index is -0.377. The lowest BCUT2D eigenvalue weighted by molar-refractivity contribution is 0.102. The fourth-order valence-corrected chi connectivity index (χ4v) is 2.60. The molecule has 2 N–H and O–H groups in total. The molecule has 0 saturated heterocycles. The molecule has 29 heavy (non-hydrogen) atoms. The van der Waals surface area contributed by atoms with Gasteiger partial charge in [0.2, 0.25) is 0 Å². The molecule has 3 aromatic rings. The molecule has 0 saturated carbocycles. The molecular weight excluding hydrogens is 372 g/mol. The van der Waals surface area contributed by atoms with Crippen molar-refractivity contribution in [2.24, 2.45) is 0 Å². The van der Waals surface area contributed by atoms with Crippen molar-refractivity contribution in [3.05, 3.63) is 60.3 Å². The molecule has 3 rings (SSSR count). The molecule has 0 unspecified atom stereocenters.